The monoisotopic (exact) mass is 302 g/mol. The molecule has 0 spiro atoms. The maximum atomic E-state index is 11.0. The molecule has 0 fully saturated rings. The van der Waals surface area contributed by atoms with Gasteiger partial charge >= 0.3 is 11.9 Å². The van der Waals surface area contributed by atoms with Gasteiger partial charge in [-0.15, -0.1) is 23.3 Å². The fraction of sp³-hybridized carbons (Fsp3) is 0.750. The number of rotatable bonds is 9. The van der Waals surface area contributed by atoms with Crippen molar-refractivity contribution in [2.45, 2.75) is 12.8 Å². The van der Waals surface area contributed by atoms with Crippen LogP contribution in [0.5, 0.6) is 0 Å². The summed E-state index contributed by atoms with van der Waals surface area (Å²) < 4.78 is 9.63. The highest BCUT2D eigenvalue weighted by molar-refractivity contribution is 8.68. The molecule has 0 aromatic carbocycles. The molecule has 0 aliphatic carbocycles. The Balaban J connectivity index is 3.31. The van der Waals surface area contributed by atoms with Crippen LogP contribution in [0.3, 0.4) is 0 Å². The predicted molar refractivity (Wildman–Crippen MR) is 74.0 cm³/mol. The third-order valence-electron chi connectivity index (χ3n) is 1.40. The zero-order valence-electron chi connectivity index (χ0n) is 8.59. The predicted octanol–water partition coefficient (Wildman–Crippen LogP) is 2.01. The fourth-order valence-corrected chi connectivity index (χ4v) is 1.78. The normalized spacial score (nSPS) is 9.88. The Morgan fingerprint density at radius 3 is 1.56 bits per heavy atom. The van der Waals surface area contributed by atoms with Gasteiger partial charge < -0.3 is 9.47 Å². The second-order valence-corrected chi connectivity index (χ2v) is 5.49. The number of hydrogen-bond donors (Lipinski definition) is 2. The van der Waals surface area contributed by atoms with E-state index >= 15 is 0 Å². The molecule has 0 N–H and O–H groups in total. The van der Waals surface area contributed by atoms with Crippen molar-refractivity contribution in [2.24, 2.45) is 0 Å². The van der Waals surface area contributed by atoms with Crippen LogP contribution in [0, 0.1) is 0 Å². The van der Waals surface area contributed by atoms with Crippen LogP contribution >= 0.6 is 44.9 Å². The van der Waals surface area contributed by atoms with E-state index in [1.54, 1.807) is 0 Å². The van der Waals surface area contributed by atoms with Gasteiger partial charge in [0, 0.05) is 11.5 Å². The summed E-state index contributed by atoms with van der Waals surface area (Å²) in [5.74, 6) is 0.619. The molecule has 0 unspecified atom stereocenters. The summed E-state index contributed by atoms with van der Waals surface area (Å²) in [5, 5.41) is 0. The van der Waals surface area contributed by atoms with E-state index in [0.29, 0.717) is 24.3 Å². The van der Waals surface area contributed by atoms with E-state index in [1.807, 2.05) is 0 Å². The number of thiol groups is 2. The minimum absolute atomic E-state index is 0.107. The van der Waals surface area contributed by atoms with Gasteiger partial charge in [-0.2, -0.15) is 0 Å². The molecule has 0 atom stereocenters. The molecule has 0 heterocycles. The van der Waals surface area contributed by atoms with Crippen molar-refractivity contribution in [3.05, 3.63) is 0 Å². The van der Waals surface area contributed by atoms with Crippen molar-refractivity contribution < 1.29 is 19.1 Å². The maximum Gasteiger partial charge on any atom is 0.306 e. The second-order valence-electron chi connectivity index (χ2n) is 2.61. The van der Waals surface area contributed by atoms with Crippen molar-refractivity contribution >= 4 is 56.8 Å². The summed E-state index contributed by atoms with van der Waals surface area (Å²) in [7, 11) is 2.56. The van der Waals surface area contributed by atoms with Gasteiger partial charge in [-0.25, -0.2) is 0 Å². The standard InChI is InChI=1S/C8H14O4S4/c9-7(1-5-15-13)11-3-4-12-8(10)2-6-16-14/h13-14H,1-6H2. The van der Waals surface area contributed by atoms with E-state index in [-0.39, 0.29) is 25.2 Å². The van der Waals surface area contributed by atoms with Gasteiger partial charge in [-0.3, -0.25) is 9.59 Å². The Morgan fingerprint density at radius 2 is 1.25 bits per heavy atom. The van der Waals surface area contributed by atoms with Crippen LogP contribution in [-0.2, 0) is 19.1 Å². The lowest BCUT2D eigenvalue weighted by atomic mass is 10.5. The van der Waals surface area contributed by atoms with Gasteiger partial charge in [0.2, 0.25) is 0 Å². The molecular weight excluding hydrogens is 288 g/mol. The first-order chi connectivity index (χ1) is 7.70. The Labute approximate surface area is 113 Å². The van der Waals surface area contributed by atoms with Gasteiger partial charge in [-0.05, 0) is 0 Å². The lowest BCUT2D eigenvalue weighted by molar-refractivity contribution is -0.151. The summed E-state index contributed by atoms with van der Waals surface area (Å²) in [6.45, 7) is 0.214. The zero-order valence-corrected chi connectivity index (χ0v) is 12.0. The molecule has 0 aliphatic heterocycles. The van der Waals surface area contributed by atoms with E-state index in [2.05, 4.69) is 23.3 Å². The van der Waals surface area contributed by atoms with Crippen LogP contribution in [-0.4, -0.2) is 36.7 Å². The van der Waals surface area contributed by atoms with E-state index < -0.39 is 0 Å². The van der Waals surface area contributed by atoms with Gasteiger partial charge in [-0.1, -0.05) is 21.6 Å². The SMILES string of the molecule is O=C(CCSS)OCCOC(=O)CCSS. The minimum atomic E-state index is -0.302. The molecule has 8 heteroatoms. The van der Waals surface area contributed by atoms with Crippen LogP contribution in [0.25, 0.3) is 0 Å². The van der Waals surface area contributed by atoms with Crippen molar-refractivity contribution in [3.8, 4) is 0 Å². The van der Waals surface area contributed by atoms with Crippen molar-refractivity contribution in [3.63, 3.8) is 0 Å². The number of ether oxygens (including phenoxy) is 2. The average molecular weight is 302 g/mol. The van der Waals surface area contributed by atoms with Crippen LogP contribution in [0.1, 0.15) is 12.8 Å². The Hall–Kier alpha value is 0.340. The lowest BCUT2D eigenvalue weighted by Crippen LogP contribution is -2.14. The van der Waals surface area contributed by atoms with Gasteiger partial charge in [0.1, 0.15) is 13.2 Å². The zero-order chi connectivity index (χ0) is 12.2. The highest BCUT2D eigenvalue weighted by Gasteiger charge is 2.04. The number of carbonyl (C=O) groups is 2. The second kappa shape index (κ2) is 11.8. The Kier molecular flexibility index (Phi) is 12.1. The lowest BCUT2D eigenvalue weighted by Gasteiger charge is -2.05. The molecule has 0 saturated carbocycles. The molecule has 0 amide bonds. The van der Waals surface area contributed by atoms with E-state index in [9.17, 15) is 9.59 Å². The summed E-state index contributed by atoms with van der Waals surface area (Å²) in [5.41, 5.74) is 0. The molecule has 16 heavy (non-hydrogen) atoms. The Morgan fingerprint density at radius 1 is 0.875 bits per heavy atom. The first-order valence-corrected chi connectivity index (χ1v) is 8.62. The molecule has 0 saturated heterocycles. The molecule has 0 bridgehead atoms. The van der Waals surface area contributed by atoms with E-state index in [4.69, 9.17) is 9.47 Å². The summed E-state index contributed by atoms with van der Waals surface area (Å²) in [6, 6.07) is 0. The minimum Gasteiger partial charge on any atom is -0.462 e. The molecule has 4 nitrogen and oxygen atoms in total. The van der Waals surface area contributed by atoms with Gasteiger partial charge in [0.15, 0.2) is 0 Å². The third-order valence-corrected chi connectivity index (χ3v) is 3.27. The topological polar surface area (TPSA) is 52.6 Å². The average Bonchev–Trinajstić information content (AvgIpc) is 2.29. The Bertz CT molecular complexity index is 190. The first kappa shape index (κ1) is 16.3. The van der Waals surface area contributed by atoms with Crippen LogP contribution in [0.4, 0.5) is 0 Å². The van der Waals surface area contributed by atoms with Crippen molar-refractivity contribution in [1.29, 1.82) is 0 Å². The molecule has 0 radical (unpaired) electrons. The van der Waals surface area contributed by atoms with Crippen molar-refractivity contribution in [2.75, 3.05) is 24.7 Å². The molecule has 94 valence electrons. The molecule has 0 aromatic heterocycles. The van der Waals surface area contributed by atoms with Crippen molar-refractivity contribution in [1.82, 2.24) is 0 Å². The maximum absolute atomic E-state index is 11.0. The van der Waals surface area contributed by atoms with Gasteiger partial charge in [0.25, 0.3) is 0 Å². The van der Waals surface area contributed by atoms with Crippen LogP contribution in [0.15, 0.2) is 0 Å². The van der Waals surface area contributed by atoms with Crippen LogP contribution < -0.4 is 0 Å². The highest BCUT2D eigenvalue weighted by atomic mass is 33.1. The van der Waals surface area contributed by atoms with Crippen LogP contribution in [0.2, 0.25) is 0 Å². The molecular formula is C8H14O4S4. The van der Waals surface area contributed by atoms with E-state index in [1.165, 1.54) is 21.6 Å². The molecule has 0 aromatic rings. The smallest absolute Gasteiger partial charge is 0.306 e. The van der Waals surface area contributed by atoms with Gasteiger partial charge in [0.05, 0.1) is 12.8 Å². The third kappa shape index (κ3) is 10.8. The first-order valence-electron chi connectivity index (χ1n) is 4.54. The quantitative estimate of drug-likeness (QED) is 0.294. The number of esters is 2. The summed E-state index contributed by atoms with van der Waals surface area (Å²) in [6.07, 6.45) is 0.636. The number of carbonyl (C=O) groups excluding carboxylic acids is 2. The summed E-state index contributed by atoms with van der Waals surface area (Å²) >= 11 is 7.79. The molecule has 0 rings (SSSR count). The fourth-order valence-electron chi connectivity index (χ4n) is 0.713. The molecule has 0 aliphatic rings. The summed E-state index contributed by atoms with van der Waals surface area (Å²) in [4.78, 5) is 22.0. The number of hydrogen-bond acceptors (Lipinski definition) is 8. The highest BCUT2D eigenvalue weighted by Crippen LogP contribution is 2.07. The van der Waals surface area contributed by atoms with E-state index in [0.717, 1.165) is 0 Å². The largest absolute Gasteiger partial charge is 0.462 e.